The van der Waals surface area contributed by atoms with Crippen molar-refractivity contribution in [1.29, 1.82) is 0 Å². The molecule has 0 fully saturated rings. The van der Waals surface area contributed by atoms with Gasteiger partial charge in [-0.25, -0.2) is 4.79 Å². The van der Waals surface area contributed by atoms with Crippen LogP contribution in [0, 0.1) is 0 Å². The Balaban J connectivity index is 1.65. The van der Waals surface area contributed by atoms with Crippen molar-refractivity contribution in [3.05, 3.63) is 71.4 Å². The van der Waals surface area contributed by atoms with Gasteiger partial charge in [-0.1, -0.05) is 48.5 Å². The average Bonchev–Trinajstić information content (AvgIpc) is 2.97. The van der Waals surface area contributed by atoms with Crippen LogP contribution in [0.1, 0.15) is 44.2 Å². The summed E-state index contributed by atoms with van der Waals surface area (Å²) in [5.74, 6) is -1.11. The number of nitrogens with two attached hydrogens (primary N) is 1. The van der Waals surface area contributed by atoms with Crippen molar-refractivity contribution in [1.82, 2.24) is 0 Å². The molecule has 0 atom stereocenters. The molecule has 0 radical (unpaired) electrons. The summed E-state index contributed by atoms with van der Waals surface area (Å²) < 4.78 is 10.6. The Kier molecular flexibility index (Phi) is 5.54. The fraction of sp³-hybridized carbons (Fsp3) is 0.304. The van der Waals surface area contributed by atoms with E-state index in [2.05, 4.69) is 24.3 Å². The van der Waals surface area contributed by atoms with Crippen molar-refractivity contribution in [3.63, 3.8) is 0 Å². The normalized spacial score (nSPS) is 13.6. The average molecular weight is 379 g/mol. The lowest BCUT2D eigenvalue weighted by Crippen LogP contribution is -2.24. The van der Waals surface area contributed by atoms with E-state index in [0.717, 1.165) is 22.3 Å². The minimum Gasteiger partial charge on any atom is -0.460 e. The molecular formula is C23H25NO4. The SMILES string of the molecule is CC(C)(C)OC(=O)CC=C(N)C(=O)OCC1c2ccccc2-c2ccccc21. The molecule has 28 heavy (non-hydrogen) atoms. The molecule has 2 aromatic rings. The number of benzene rings is 2. The Morgan fingerprint density at radius 3 is 2.07 bits per heavy atom. The van der Waals surface area contributed by atoms with Crippen LogP contribution in [-0.2, 0) is 19.1 Å². The van der Waals surface area contributed by atoms with Gasteiger partial charge in [0.2, 0.25) is 0 Å². The minimum absolute atomic E-state index is 0.0324. The predicted molar refractivity (Wildman–Crippen MR) is 107 cm³/mol. The van der Waals surface area contributed by atoms with E-state index >= 15 is 0 Å². The summed E-state index contributed by atoms with van der Waals surface area (Å²) in [5, 5.41) is 0. The molecule has 0 saturated heterocycles. The molecule has 0 aliphatic heterocycles. The third kappa shape index (κ3) is 4.42. The van der Waals surface area contributed by atoms with Crippen LogP contribution in [0.5, 0.6) is 0 Å². The van der Waals surface area contributed by atoms with Crippen molar-refractivity contribution < 1.29 is 19.1 Å². The second kappa shape index (κ2) is 7.89. The Morgan fingerprint density at radius 1 is 1.00 bits per heavy atom. The number of fused-ring (bicyclic) bond motifs is 3. The van der Waals surface area contributed by atoms with E-state index in [1.807, 2.05) is 24.3 Å². The van der Waals surface area contributed by atoms with E-state index in [0.29, 0.717) is 0 Å². The van der Waals surface area contributed by atoms with Crippen LogP contribution < -0.4 is 5.73 Å². The van der Waals surface area contributed by atoms with Gasteiger partial charge < -0.3 is 15.2 Å². The van der Waals surface area contributed by atoms with Crippen molar-refractivity contribution in [3.8, 4) is 11.1 Å². The summed E-state index contributed by atoms with van der Waals surface area (Å²) >= 11 is 0. The summed E-state index contributed by atoms with van der Waals surface area (Å²) in [5.41, 5.74) is 9.69. The fourth-order valence-electron chi connectivity index (χ4n) is 3.34. The zero-order valence-electron chi connectivity index (χ0n) is 16.4. The number of hydrogen-bond acceptors (Lipinski definition) is 5. The number of carbonyl (C=O) groups is 2. The molecule has 0 spiro atoms. The van der Waals surface area contributed by atoms with Gasteiger partial charge in [-0.15, -0.1) is 0 Å². The first-order valence-electron chi connectivity index (χ1n) is 9.29. The van der Waals surface area contributed by atoms with Gasteiger partial charge in [0.25, 0.3) is 0 Å². The topological polar surface area (TPSA) is 78.6 Å². The fourth-order valence-corrected chi connectivity index (χ4v) is 3.34. The van der Waals surface area contributed by atoms with Gasteiger partial charge in [-0.2, -0.15) is 0 Å². The van der Waals surface area contributed by atoms with Gasteiger partial charge >= 0.3 is 11.9 Å². The predicted octanol–water partition coefficient (Wildman–Crippen LogP) is 3.92. The highest BCUT2D eigenvalue weighted by Crippen LogP contribution is 2.44. The molecular weight excluding hydrogens is 354 g/mol. The van der Waals surface area contributed by atoms with E-state index in [1.54, 1.807) is 20.8 Å². The molecule has 1 aliphatic carbocycles. The summed E-state index contributed by atoms with van der Waals surface area (Å²) in [6, 6.07) is 16.2. The van der Waals surface area contributed by atoms with Crippen LogP contribution in [0.15, 0.2) is 60.3 Å². The summed E-state index contributed by atoms with van der Waals surface area (Å²) in [6.07, 6.45) is 1.26. The molecule has 3 rings (SSSR count). The van der Waals surface area contributed by atoms with Crippen LogP contribution in [0.3, 0.4) is 0 Å². The summed E-state index contributed by atoms with van der Waals surface area (Å²) in [6.45, 7) is 5.53. The molecule has 0 amide bonds. The van der Waals surface area contributed by atoms with Gasteiger partial charge in [-0.3, -0.25) is 4.79 Å². The lowest BCUT2D eigenvalue weighted by Gasteiger charge is -2.18. The van der Waals surface area contributed by atoms with Crippen LogP contribution in [-0.4, -0.2) is 24.1 Å². The van der Waals surface area contributed by atoms with Crippen molar-refractivity contribution in [2.24, 2.45) is 5.73 Å². The summed E-state index contributed by atoms with van der Waals surface area (Å²) in [4.78, 5) is 24.0. The van der Waals surface area contributed by atoms with E-state index in [4.69, 9.17) is 15.2 Å². The Labute approximate surface area is 165 Å². The van der Waals surface area contributed by atoms with Crippen molar-refractivity contribution >= 4 is 11.9 Å². The first-order chi connectivity index (χ1) is 13.3. The second-order valence-electron chi connectivity index (χ2n) is 7.78. The summed E-state index contributed by atoms with van der Waals surface area (Å²) in [7, 11) is 0. The molecule has 0 bridgehead atoms. The largest absolute Gasteiger partial charge is 0.460 e. The first kappa shape index (κ1) is 19.7. The van der Waals surface area contributed by atoms with E-state index in [-0.39, 0.29) is 24.6 Å². The van der Waals surface area contributed by atoms with Crippen LogP contribution in [0.4, 0.5) is 0 Å². The molecule has 2 aromatic carbocycles. The van der Waals surface area contributed by atoms with Gasteiger partial charge in [-0.05, 0) is 49.1 Å². The molecule has 0 aromatic heterocycles. The maximum Gasteiger partial charge on any atom is 0.353 e. The maximum atomic E-state index is 12.3. The lowest BCUT2D eigenvalue weighted by atomic mass is 9.98. The highest BCUT2D eigenvalue weighted by Gasteiger charge is 2.29. The Bertz CT molecular complexity index is 879. The third-order valence-corrected chi connectivity index (χ3v) is 4.49. The van der Waals surface area contributed by atoms with Gasteiger partial charge in [0, 0.05) is 5.92 Å². The van der Waals surface area contributed by atoms with Crippen molar-refractivity contribution in [2.45, 2.75) is 38.7 Å². The monoisotopic (exact) mass is 379 g/mol. The number of ether oxygens (including phenoxy) is 2. The van der Waals surface area contributed by atoms with Crippen LogP contribution >= 0.6 is 0 Å². The number of carbonyl (C=O) groups excluding carboxylic acids is 2. The number of esters is 2. The zero-order chi connectivity index (χ0) is 20.3. The smallest absolute Gasteiger partial charge is 0.353 e. The molecule has 5 heteroatoms. The van der Waals surface area contributed by atoms with Gasteiger partial charge in [0.1, 0.15) is 17.9 Å². The molecule has 1 aliphatic rings. The van der Waals surface area contributed by atoms with Crippen LogP contribution in [0.25, 0.3) is 11.1 Å². The van der Waals surface area contributed by atoms with E-state index in [9.17, 15) is 9.59 Å². The quantitative estimate of drug-likeness (QED) is 0.629. The second-order valence-corrected chi connectivity index (χ2v) is 7.78. The number of hydrogen-bond donors (Lipinski definition) is 1. The molecule has 2 N–H and O–H groups in total. The Morgan fingerprint density at radius 2 is 1.54 bits per heavy atom. The molecule has 0 heterocycles. The highest BCUT2D eigenvalue weighted by molar-refractivity contribution is 5.88. The van der Waals surface area contributed by atoms with Crippen LogP contribution in [0.2, 0.25) is 0 Å². The standard InChI is InChI=1S/C23H25NO4/c1-23(2,3)28-21(25)13-12-20(24)22(26)27-14-19-17-10-6-4-8-15(17)16-9-5-7-11-18(16)19/h4-12,19H,13-14,24H2,1-3H3. The van der Waals surface area contributed by atoms with E-state index < -0.39 is 17.5 Å². The van der Waals surface area contributed by atoms with Gasteiger partial charge in [0.05, 0.1) is 6.42 Å². The number of rotatable bonds is 5. The Hall–Kier alpha value is -3.08. The van der Waals surface area contributed by atoms with Crippen molar-refractivity contribution in [2.75, 3.05) is 6.61 Å². The zero-order valence-corrected chi connectivity index (χ0v) is 16.4. The third-order valence-electron chi connectivity index (χ3n) is 4.49. The highest BCUT2D eigenvalue weighted by atomic mass is 16.6. The minimum atomic E-state index is -0.634. The molecule has 5 nitrogen and oxygen atoms in total. The lowest BCUT2D eigenvalue weighted by molar-refractivity contribution is -0.153. The first-order valence-corrected chi connectivity index (χ1v) is 9.29. The molecule has 146 valence electrons. The maximum absolute atomic E-state index is 12.3. The van der Waals surface area contributed by atoms with E-state index in [1.165, 1.54) is 6.08 Å². The molecule has 0 unspecified atom stereocenters. The van der Waals surface area contributed by atoms with Gasteiger partial charge in [0.15, 0.2) is 0 Å². The molecule has 0 saturated carbocycles.